The second-order valence-electron chi connectivity index (χ2n) is 3.42. The monoisotopic (exact) mass is 239 g/mol. The van der Waals surface area contributed by atoms with Gasteiger partial charge in [-0.05, 0) is 37.1 Å². The van der Waals surface area contributed by atoms with Gasteiger partial charge < -0.3 is 4.74 Å². The maximum atomic E-state index is 11.3. The van der Waals surface area contributed by atoms with Crippen molar-refractivity contribution in [1.82, 2.24) is 0 Å². The summed E-state index contributed by atoms with van der Waals surface area (Å²) in [6.07, 6.45) is 5.06. The number of ether oxygens (including phenoxy) is 1. The second-order valence-corrected chi connectivity index (χ2v) is 4.92. The predicted molar refractivity (Wildman–Crippen MR) is 61.6 cm³/mol. The molecule has 16 heavy (non-hydrogen) atoms. The van der Waals surface area contributed by atoms with E-state index in [0.29, 0.717) is 16.9 Å². The largest absolute Gasteiger partial charge is 0.481 e. The first-order valence-corrected chi connectivity index (χ1v) is 6.11. The standard InChI is InChI=1S/C11H13NO3S/c1-4-5-15-10-6-8(2)11(9(3)7-10)16(12,13)14/h1,6-7H,5H2,2-3H3,(H2,12,13,14). The lowest BCUT2D eigenvalue weighted by Crippen LogP contribution is -2.15. The molecular weight excluding hydrogens is 226 g/mol. The van der Waals surface area contributed by atoms with Gasteiger partial charge in [0.25, 0.3) is 0 Å². The van der Waals surface area contributed by atoms with Crippen LogP contribution >= 0.6 is 0 Å². The molecule has 0 aliphatic rings. The third-order valence-electron chi connectivity index (χ3n) is 2.04. The first-order chi connectivity index (χ1) is 7.36. The zero-order valence-electron chi connectivity index (χ0n) is 9.15. The van der Waals surface area contributed by atoms with Crippen molar-refractivity contribution in [1.29, 1.82) is 0 Å². The Bertz CT molecular complexity index is 518. The average Bonchev–Trinajstić information content (AvgIpc) is 2.11. The Kier molecular flexibility index (Phi) is 3.58. The first kappa shape index (κ1) is 12.6. The number of aryl methyl sites for hydroxylation is 2. The normalized spacial score (nSPS) is 10.9. The third kappa shape index (κ3) is 2.75. The zero-order chi connectivity index (χ0) is 12.3. The van der Waals surface area contributed by atoms with Crippen LogP contribution < -0.4 is 9.88 Å². The Morgan fingerprint density at radius 3 is 2.25 bits per heavy atom. The van der Waals surface area contributed by atoms with E-state index in [9.17, 15) is 8.42 Å². The van der Waals surface area contributed by atoms with Crippen LogP contribution in [-0.4, -0.2) is 15.0 Å². The SMILES string of the molecule is C#CCOc1cc(C)c(S(N)(=O)=O)c(C)c1. The summed E-state index contributed by atoms with van der Waals surface area (Å²) in [6, 6.07) is 3.20. The molecule has 0 aliphatic heterocycles. The van der Waals surface area contributed by atoms with E-state index < -0.39 is 10.0 Å². The summed E-state index contributed by atoms with van der Waals surface area (Å²) >= 11 is 0. The number of benzene rings is 1. The summed E-state index contributed by atoms with van der Waals surface area (Å²) in [6.45, 7) is 3.47. The molecule has 0 aromatic heterocycles. The quantitative estimate of drug-likeness (QED) is 0.799. The molecule has 0 aliphatic carbocycles. The van der Waals surface area contributed by atoms with Crippen molar-refractivity contribution in [2.24, 2.45) is 5.14 Å². The minimum atomic E-state index is -3.70. The van der Waals surface area contributed by atoms with Crippen molar-refractivity contribution in [3.05, 3.63) is 23.3 Å². The predicted octanol–water partition coefficient (Wildman–Crippen LogP) is 0.963. The summed E-state index contributed by atoms with van der Waals surface area (Å²) < 4.78 is 27.8. The molecule has 0 bridgehead atoms. The van der Waals surface area contributed by atoms with Crippen molar-refractivity contribution in [2.45, 2.75) is 18.7 Å². The molecule has 86 valence electrons. The molecule has 1 aromatic rings. The van der Waals surface area contributed by atoms with Gasteiger partial charge in [0.05, 0.1) is 4.90 Å². The van der Waals surface area contributed by atoms with E-state index in [-0.39, 0.29) is 11.5 Å². The molecule has 0 fully saturated rings. The molecule has 4 nitrogen and oxygen atoms in total. The third-order valence-corrected chi connectivity index (χ3v) is 3.25. The molecule has 0 saturated carbocycles. The van der Waals surface area contributed by atoms with Gasteiger partial charge in [0.15, 0.2) is 0 Å². The Morgan fingerprint density at radius 2 is 1.88 bits per heavy atom. The minimum absolute atomic E-state index is 0.139. The van der Waals surface area contributed by atoms with E-state index in [2.05, 4.69) is 5.92 Å². The Labute approximate surface area is 95.5 Å². The highest BCUT2D eigenvalue weighted by atomic mass is 32.2. The van der Waals surface area contributed by atoms with E-state index >= 15 is 0 Å². The van der Waals surface area contributed by atoms with Crippen molar-refractivity contribution in [3.8, 4) is 18.1 Å². The van der Waals surface area contributed by atoms with E-state index in [0.717, 1.165) is 0 Å². The van der Waals surface area contributed by atoms with Gasteiger partial charge in [0, 0.05) is 0 Å². The molecule has 1 rings (SSSR count). The Hall–Kier alpha value is -1.51. The van der Waals surface area contributed by atoms with Crippen LogP contribution in [0, 0.1) is 26.2 Å². The van der Waals surface area contributed by atoms with Crippen LogP contribution in [0.4, 0.5) is 0 Å². The van der Waals surface area contributed by atoms with Crippen molar-refractivity contribution in [3.63, 3.8) is 0 Å². The van der Waals surface area contributed by atoms with Crippen molar-refractivity contribution >= 4 is 10.0 Å². The minimum Gasteiger partial charge on any atom is -0.481 e. The summed E-state index contributed by atoms with van der Waals surface area (Å²) in [7, 11) is -3.70. The van der Waals surface area contributed by atoms with Gasteiger partial charge in [-0.25, -0.2) is 13.6 Å². The molecule has 0 saturated heterocycles. The summed E-state index contributed by atoms with van der Waals surface area (Å²) in [5.74, 6) is 2.88. The first-order valence-electron chi connectivity index (χ1n) is 4.56. The number of primary sulfonamides is 1. The van der Waals surface area contributed by atoms with Crippen LogP contribution in [0.1, 0.15) is 11.1 Å². The van der Waals surface area contributed by atoms with Crippen molar-refractivity contribution < 1.29 is 13.2 Å². The van der Waals surface area contributed by atoms with E-state index in [1.807, 2.05) is 0 Å². The summed E-state index contributed by atoms with van der Waals surface area (Å²) in [4.78, 5) is 0.139. The highest BCUT2D eigenvalue weighted by Crippen LogP contribution is 2.24. The van der Waals surface area contributed by atoms with Crippen LogP contribution in [0.2, 0.25) is 0 Å². The molecule has 1 aromatic carbocycles. The fourth-order valence-electron chi connectivity index (χ4n) is 1.57. The van der Waals surface area contributed by atoms with Gasteiger partial charge in [-0.3, -0.25) is 0 Å². The molecule has 0 unspecified atom stereocenters. The van der Waals surface area contributed by atoms with Gasteiger partial charge in [0.2, 0.25) is 10.0 Å². The molecule has 0 spiro atoms. The van der Waals surface area contributed by atoms with Crippen LogP contribution in [0.3, 0.4) is 0 Å². The van der Waals surface area contributed by atoms with Crippen LogP contribution in [0.25, 0.3) is 0 Å². The zero-order valence-corrected chi connectivity index (χ0v) is 9.97. The molecule has 2 N–H and O–H groups in total. The number of hydrogen-bond acceptors (Lipinski definition) is 3. The van der Waals surface area contributed by atoms with Crippen LogP contribution in [0.5, 0.6) is 5.75 Å². The number of sulfonamides is 1. The van der Waals surface area contributed by atoms with Gasteiger partial charge in [-0.1, -0.05) is 5.92 Å². The molecule has 5 heteroatoms. The van der Waals surface area contributed by atoms with Crippen molar-refractivity contribution in [2.75, 3.05) is 6.61 Å². The number of hydrogen-bond donors (Lipinski definition) is 1. The number of terminal acetylenes is 1. The van der Waals surface area contributed by atoms with E-state index in [4.69, 9.17) is 16.3 Å². The fourth-order valence-corrected chi connectivity index (χ4v) is 2.58. The smallest absolute Gasteiger partial charge is 0.238 e. The van der Waals surface area contributed by atoms with Gasteiger partial charge in [-0.15, -0.1) is 6.42 Å². The summed E-state index contributed by atoms with van der Waals surface area (Å²) in [5.41, 5.74) is 1.10. The fraction of sp³-hybridized carbons (Fsp3) is 0.273. The maximum Gasteiger partial charge on any atom is 0.238 e. The van der Waals surface area contributed by atoms with Gasteiger partial charge in [-0.2, -0.15) is 0 Å². The average molecular weight is 239 g/mol. The van der Waals surface area contributed by atoms with Crippen LogP contribution in [0.15, 0.2) is 17.0 Å². The molecule has 0 radical (unpaired) electrons. The summed E-state index contributed by atoms with van der Waals surface area (Å²) in [5, 5.41) is 5.11. The number of nitrogens with two attached hydrogens (primary N) is 1. The van der Waals surface area contributed by atoms with Crippen LogP contribution in [-0.2, 0) is 10.0 Å². The topological polar surface area (TPSA) is 69.4 Å². The maximum absolute atomic E-state index is 11.3. The molecular formula is C11H13NO3S. The Balaban J connectivity index is 3.25. The molecule has 0 heterocycles. The lowest BCUT2D eigenvalue weighted by Gasteiger charge is -2.10. The van der Waals surface area contributed by atoms with Gasteiger partial charge >= 0.3 is 0 Å². The van der Waals surface area contributed by atoms with E-state index in [1.54, 1.807) is 26.0 Å². The Morgan fingerprint density at radius 1 is 1.38 bits per heavy atom. The molecule has 0 atom stereocenters. The lowest BCUT2D eigenvalue weighted by atomic mass is 10.1. The second kappa shape index (κ2) is 4.56. The highest BCUT2D eigenvalue weighted by Gasteiger charge is 2.15. The highest BCUT2D eigenvalue weighted by molar-refractivity contribution is 7.89. The number of rotatable bonds is 3. The van der Waals surface area contributed by atoms with E-state index in [1.165, 1.54) is 0 Å². The van der Waals surface area contributed by atoms with Gasteiger partial charge in [0.1, 0.15) is 12.4 Å². The molecule has 0 amide bonds. The lowest BCUT2D eigenvalue weighted by molar-refractivity contribution is 0.369.